The number of aromatic nitrogens is 1. The quantitative estimate of drug-likeness (QED) is 0.765. The first-order valence-electron chi connectivity index (χ1n) is 5.75. The molecule has 1 fully saturated rings. The Hall–Kier alpha value is -0.970. The van der Waals surface area contributed by atoms with E-state index in [1.807, 2.05) is 18.2 Å². The topological polar surface area (TPSA) is 48.4 Å². The van der Waals surface area contributed by atoms with Crippen LogP contribution in [0.25, 0.3) is 0 Å². The smallest absolute Gasteiger partial charge is 0.0839 e. The second-order valence-corrected chi connectivity index (χ2v) is 4.38. The Balaban J connectivity index is 2.24. The Morgan fingerprint density at radius 1 is 1.44 bits per heavy atom. The van der Waals surface area contributed by atoms with E-state index in [0.717, 1.165) is 31.9 Å². The molecule has 1 atom stereocenters. The standard InChI is InChI=1S/C12H19N3O/c1-12(10-16,11-4-2-3-5-14-11)15-8-6-13-7-9-15/h2-5,13,16H,6-10H2,1H3. The third kappa shape index (κ3) is 2.09. The van der Waals surface area contributed by atoms with Gasteiger partial charge in [-0.2, -0.15) is 0 Å². The minimum absolute atomic E-state index is 0.101. The van der Waals surface area contributed by atoms with Gasteiger partial charge in [-0.25, -0.2) is 0 Å². The minimum atomic E-state index is -0.358. The molecule has 0 amide bonds. The number of hydrogen-bond acceptors (Lipinski definition) is 4. The van der Waals surface area contributed by atoms with E-state index in [1.54, 1.807) is 6.20 Å². The SMILES string of the molecule is CC(CO)(c1ccccn1)N1CCNCC1. The lowest BCUT2D eigenvalue weighted by molar-refractivity contribution is 0.0280. The lowest BCUT2D eigenvalue weighted by atomic mass is 9.95. The molecular weight excluding hydrogens is 202 g/mol. The number of piperazine rings is 1. The molecule has 1 aromatic heterocycles. The van der Waals surface area contributed by atoms with Gasteiger partial charge in [0.05, 0.1) is 17.8 Å². The van der Waals surface area contributed by atoms with E-state index in [9.17, 15) is 5.11 Å². The Bertz CT molecular complexity index is 324. The van der Waals surface area contributed by atoms with Crippen LogP contribution in [0.4, 0.5) is 0 Å². The van der Waals surface area contributed by atoms with Crippen LogP contribution in [0.15, 0.2) is 24.4 Å². The number of hydrogen-bond donors (Lipinski definition) is 2. The summed E-state index contributed by atoms with van der Waals surface area (Å²) in [6.07, 6.45) is 1.78. The summed E-state index contributed by atoms with van der Waals surface area (Å²) >= 11 is 0. The first-order valence-corrected chi connectivity index (χ1v) is 5.75. The fourth-order valence-corrected chi connectivity index (χ4v) is 2.18. The summed E-state index contributed by atoms with van der Waals surface area (Å²) in [6, 6.07) is 5.86. The van der Waals surface area contributed by atoms with Crippen molar-refractivity contribution in [3.63, 3.8) is 0 Å². The summed E-state index contributed by atoms with van der Waals surface area (Å²) in [6.45, 7) is 6.01. The van der Waals surface area contributed by atoms with Crippen molar-refractivity contribution in [2.24, 2.45) is 0 Å². The van der Waals surface area contributed by atoms with Crippen molar-refractivity contribution in [2.75, 3.05) is 32.8 Å². The van der Waals surface area contributed by atoms with Crippen LogP contribution < -0.4 is 5.32 Å². The maximum absolute atomic E-state index is 9.69. The van der Waals surface area contributed by atoms with Gasteiger partial charge in [0.2, 0.25) is 0 Å². The van der Waals surface area contributed by atoms with E-state index in [0.29, 0.717) is 0 Å². The summed E-state index contributed by atoms with van der Waals surface area (Å²) in [4.78, 5) is 6.67. The van der Waals surface area contributed by atoms with Gasteiger partial charge in [-0.05, 0) is 19.1 Å². The van der Waals surface area contributed by atoms with E-state index in [1.165, 1.54) is 0 Å². The van der Waals surface area contributed by atoms with Gasteiger partial charge >= 0.3 is 0 Å². The molecule has 1 unspecified atom stereocenters. The second kappa shape index (κ2) is 4.91. The van der Waals surface area contributed by atoms with Crippen molar-refractivity contribution in [3.05, 3.63) is 30.1 Å². The van der Waals surface area contributed by atoms with E-state index in [4.69, 9.17) is 0 Å². The van der Waals surface area contributed by atoms with Gasteiger partial charge in [0.1, 0.15) is 0 Å². The number of pyridine rings is 1. The molecule has 2 N–H and O–H groups in total. The summed E-state index contributed by atoms with van der Waals surface area (Å²) in [5.41, 5.74) is 0.586. The highest BCUT2D eigenvalue weighted by Crippen LogP contribution is 2.26. The van der Waals surface area contributed by atoms with Crippen LogP contribution in [0.1, 0.15) is 12.6 Å². The first kappa shape index (κ1) is 11.5. The summed E-state index contributed by atoms with van der Waals surface area (Å²) in [7, 11) is 0. The average molecular weight is 221 g/mol. The van der Waals surface area contributed by atoms with E-state index >= 15 is 0 Å². The lowest BCUT2D eigenvalue weighted by Gasteiger charge is -2.42. The highest BCUT2D eigenvalue weighted by atomic mass is 16.3. The van der Waals surface area contributed by atoms with Crippen LogP contribution in [0.3, 0.4) is 0 Å². The number of aliphatic hydroxyl groups excluding tert-OH is 1. The van der Waals surface area contributed by atoms with E-state index in [-0.39, 0.29) is 12.1 Å². The third-order valence-corrected chi connectivity index (χ3v) is 3.34. The maximum atomic E-state index is 9.69. The van der Waals surface area contributed by atoms with Crippen LogP contribution >= 0.6 is 0 Å². The maximum Gasteiger partial charge on any atom is 0.0839 e. The molecule has 4 nitrogen and oxygen atoms in total. The van der Waals surface area contributed by atoms with Crippen LogP contribution in [0.2, 0.25) is 0 Å². The van der Waals surface area contributed by atoms with Crippen molar-refractivity contribution in [1.82, 2.24) is 15.2 Å². The third-order valence-electron chi connectivity index (χ3n) is 3.34. The van der Waals surface area contributed by atoms with Crippen molar-refractivity contribution in [1.29, 1.82) is 0 Å². The normalized spacial score (nSPS) is 21.6. The molecule has 0 saturated carbocycles. The Morgan fingerprint density at radius 2 is 2.19 bits per heavy atom. The molecule has 1 saturated heterocycles. The highest BCUT2D eigenvalue weighted by Gasteiger charge is 2.34. The fourth-order valence-electron chi connectivity index (χ4n) is 2.18. The minimum Gasteiger partial charge on any atom is -0.394 e. The molecule has 0 aliphatic carbocycles. The van der Waals surface area contributed by atoms with Gasteiger partial charge < -0.3 is 10.4 Å². The van der Waals surface area contributed by atoms with Crippen LogP contribution in [-0.2, 0) is 5.54 Å². The molecule has 0 spiro atoms. The largest absolute Gasteiger partial charge is 0.394 e. The molecule has 2 heterocycles. The fraction of sp³-hybridized carbons (Fsp3) is 0.583. The predicted octanol–water partition coefficient (Wildman–Crippen LogP) is 0.194. The first-order chi connectivity index (χ1) is 7.77. The molecule has 0 bridgehead atoms. The molecular formula is C12H19N3O. The lowest BCUT2D eigenvalue weighted by Crippen LogP contribution is -2.55. The van der Waals surface area contributed by atoms with Crippen molar-refractivity contribution in [2.45, 2.75) is 12.5 Å². The average Bonchev–Trinajstić information content (AvgIpc) is 2.40. The number of nitrogens with zero attached hydrogens (tertiary/aromatic N) is 2. The van der Waals surface area contributed by atoms with Crippen molar-refractivity contribution >= 4 is 0 Å². The molecule has 1 aliphatic heterocycles. The Morgan fingerprint density at radius 3 is 2.75 bits per heavy atom. The molecule has 0 radical (unpaired) electrons. The zero-order valence-electron chi connectivity index (χ0n) is 9.69. The monoisotopic (exact) mass is 221 g/mol. The molecule has 88 valence electrons. The molecule has 16 heavy (non-hydrogen) atoms. The van der Waals surface area contributed by atoms with Crippen LogP contribution in [0, 0.1) is 0 Å². The second-order valence-electron chi connectivity index (χ2n) is 4.38. The van der Waals surface area contributed by atoms with Crippen molar-refractivity contribution in [3.8, 4) is 0 Å². The van der Waals surface area contributed by atoms with Gasteiger partial charge in [0.15, 0.2) is 0 Å². The van der Waals surface area contributed by atoms with Gasteiger partial charge in [-0.1, -0.05) is 6.07 Å². The summed E-state index contributed by atoms with van der Waals surface area (Å²) < 4.78 is 0. The summed E-state index contributed by atoms with van der Waals surface area (Å²) in [5, 5.41) is 13.0. The van der Waals surface area contributed by atoms with Gasteiger partial charge in [0, 0.05) is 32.4 Å². The molecule has 0 aromatic carbocycles. The van der Waals surface area contributed by atoms with Gasteiger partial charge in [0.25, 0.3) is 0 Å². The van der Waals surface area contributed by atoms with Gasteiger partial charge in [-0.3, -0.25) is 9.88 Å². The number of rotatable bonds is 3. The summed E-state index contributed by atoms with van der Waals surface area (Å²) in [5.74, 6) is 0. The molecule has 4 heteroatoms. The zero-order valence-corrected chi connectivity index (χ0v) is 9.69. The van der Waals surface area contributed by atoms with Crippen LogP contribution in [0.5, 0.6) is 0 Å². The predicted molar refractivity (Wildman–Crippen MR) is 63.1 cm³/mol. The molecule has 2 rings (SSSR count). The zero-order chi connectivity index (χ0) is 11.4. The molecule has 1 aromatic rings. The highest BCUT2D eigenvalue weighted by molar-refractivity contribution is 5.15. The van der Waals surface area contributed by atoms with E-state index < -0.39 is 0 Å². The number of nitrogens with one attached hydrogen (secondary N) is 1. The Kier molecular flexibility index (Phi) is 3.53. The van der Waals surface area contributed by atoms with Crippen LogP contribution in [-0.4, -0.2) is 47.8 Å². The van der Waals surface area contributed by atoms with Crippen molar-refractivity contribution < 1.29 is 5.11 Å². The van der Waals surface area contributed by atoms with E-state index in [2.05, 4.69) is 22.1 Å². The number of aliphatic hydroxyl groups is 1. The molecule has 1 aliphatic rings. The Labute approximate surface area is 96.3 Å². The van der Waals surface area contributed by atoms with Gasteiger partial charge in [-0.15, -0.1) is 0 Å².